The summed E-state index contributed by atoms with van der Waals surface area (Å²) in [4.78, 5) is 4.38. The summed E-state index contributed by atoms with van der Waals surface area (Å²) in [5.74, 6) is 0.0912. The van der Waals surface area contributed by atoms with Crippen molar-refractivity contribution in [2.45, 2.75) is 0 Å². The van der Waals surface area contributed by atoms with Crippen LogP contribution in [0, 0.1) is 22.7 Å². The minimum atomic E-state index is 0.0912. The van der Waals surface area contributed by atoms with Crippen molar-refractivity contribution in [3.05, 3.63) is 95.0 Å². The SMILES string of the molecule is N#Cc1c(N)nc(-c2ccccc2)c(C#N)c1-c1cccc(-c2ccccc2Cl)c1. The summed E-state index contributed by atoms with van der Waals surface area (Å²) in [5.41, 5.74) is 10.8. The second kappa shape index (κ2) is 8.09. The van der Waals surface area contributed by atoms with Crippen molar-refractivity contribution in [2.24, 2.45) is 0 Å². The van der Waals surface area contributed by atoms with E-state index < -0.39 is 0 Å². The van der Waals surface area contributed by atoms with Gasteiger partial charge in [0.2, 0.25) is 0 Å². The average molecular weight is 407 g/mol. The van der Waals surface area contributed by atoms with E-state index in [2.05, 4.69) is 17.1 Å². The largest absolute Gasteiger partial charge is 0.383 e. The van der Waals surface area contributed by atoms with Crippen LogP contribution in [0.4, 0.5) is 5.82 Å². The fourth-order valence-corrected chi connectivity index (χ4v) is 3.70. The predicted octanol–water partition coefficient (Wildman–Crippen LogP) is 6.06. The van der Waals surface area contributed by atoms with Crippen LogP contribution in [0.5, 0.6) is 0 Å². The number of anilines is 1. The van der Waals surface area contributed by atoms with Crippen LogP contribution in [-0.4, -0.2) is 4.98 Å². The van der Waals surface area contributed by atoms with Crippen LogP contribution >= 0.6 is 11.6 Å². The number of nitrogens with zero attached hydrogens (tertiary/aromatic N) is 3. The molecule has 0 saturated heterocycles. The van der Waals surface area contributed by atoms with Crippen LogP contribution in [0.15, 0.2) is 78.9 Å². The molecule has 2 N–H and O–H groups in total. The predicted molar refractivity (Wildman–Crippen MR) is 119 cm³/mol. The van der Waals surface area contributed by atoms with Gasteiger partial charge in [0, 0.05) is 21.7 Å². The van der Waals surface area contributed by atoms with Crippen LogP contribution in [0.3, 0.4) is 0 Å². The van der Waals surface area contributed by atoms with E-state index in [0.717, 1.165) is 16.7 Å². The van der Waals surface area contributed by atoms with Gasteiger partial charge < -0.3 is 5.73 Å². The summed E-state index contributed by atoms with van der Waals surface area (Å²) < 4.78 is 0. The lowest BCUT2D eigenvalue weighted by Gasteiger charge is -2.14. The minimum Gasteiger partial charge on any atom is -0.383 e. The van der Waals surface area contributed by atoms with Crippen LogP contribution in [0.25, 0.3) is 33.5 Å². The van der Waals surface area contributed by atoms with Crippen LogP contribution in [-0.2, 0) is 0 Å². The van der Waals surface area contributed by atoms with Gasteiger partial charge in [0.1, 0.15) is 23.5 Å². The highest BCUT2D eigenvalue weighted by molar-refractivity contribution is 6.33. The van der Waals surface area contributed by atoms with E-state index in [0.29, 0.717) is 27.4 Å². The Morgan fingerprint density at radius 2 is 1.37 bits per heavy atom. The molecule has 0 aliphatic rings. The Balaban J connectivity index is 2.01. The van der Waals surface area contributed by atoms with E-state index in [1.807, 2.05) is 78.9 Å². The van der Waals surface area contributed by atoms with E-state index in [1.165, 1.54) is 0 Å². The van der Waals surface area contributed by atoms with E-state index >= 15 is 0 Å². The second-order valence-electron chi connectivity index (χ2n) is 6.62. The van der Waals surface area contributed by atoms with Crippen molar-refractivity contribution in [1.82, 2.24) is 4.98 Å². The molecule has 4 rings (SSSR count). The van der Waals surface area contributed by atoms with Crippen molar-refractivity contribution in [3.63, 3.8) is 0 Å². The van der Waals surface area contributed by atoms with Crippen LogP contribution in [0.2, 0.25) is 5.02 Å². The molecule has 0 amide bonds. The fraction of sp³-hybridized carbons (Fsp3) is 0. The molecule has 1 heterocycles. The molecule has 0 spiro atoms. The van der Waals surface area contributed by atoms with Crippen molar-refractivity contribution in [2.75, 3.05) is 5.73 Å². The van der Waals surface area contributed by atoms with E-state index in [9.17, 15) is 10.5 Å². The lowest BCUT2D eigenvalue weighted by molar-refractivity contribution is 1.29. The van der Waals surface area contributed by atoms with Gasteiger partial charge in [-0.2, -0.15) is 10.5 Å². The number of nitrogens with two attached hydrogens (primary N) is 1. The molecule has 0 fully saturated rings. The molecule has 1 aromatic heterocycles. The molecule has 0 bridgehead atoms. The number of hydrogen-bond donors (Lipinski definition) is 1. The van der Waals surface area contributed by atoms with E-state index in [1.54, 1.807) is 0 Å². The molecule has 0 radical (unpaired) electrons. The molecular weight excluding hydrogens is 392 g/mol. The highest BCUT2D eigenvalue weighted by Gasteiger charge is 2.21. The third-order valence-electron chi connectivity index (χ3n) is 4.83. The molecule has 0 atom stereocenters. The van der Waals surface area contributed by atoms with Gasteiger partial charge in [-0.15, -0.1) is 0 Å². The quantitative estimate of drug-likeness (QED) is 0.447. The summed E-state index contributed by atoms with van der Waals surface area (Å²) in [6.45, 7) is 0. The first kappa shape index (κ1) is 19.2. The number of aromatic nitrogens is 1. The third-order valence-corrected chi connectivity index (χ3v) is 5.16. The summed E-state index contributed by atoms with van der Waals surface area (Å²) >= 11 is 6.37. The molecule has 0 unspecified atom stereocenters. The molecule has 0 aliphatic heterocycles. The first-order valence-electron chi connectivity index (χ1n) is 9.18. The Hall–Kier alpha value is -4.12. The van der Waals surface area contributed by atoms with Crippen molar-refractivity contribution < 1.29 is 0 Å². The standard InChI is InChI=1S/C25H15ClN4/c26-22-12-5-4-11-19(22)17-9-6-10-18(13-17)23-20(14-27)24(16-7-2-1-3-8-16)30-25(29)21(23)15-28/h1-13H,(H2,29,30). The van der Waals surface area contributed by atoms with Gasteiger partial charge in [-0.05, 0) is 23.3 Å². The molecular formula is C25H15ClN4. The molecule has 5 heteroatoms. The van der Waals surface area contributed by atoms with Crippen molar-refractivity contribution in [1.29, 1.82) is 10.5 Å². The molecule has 30 heavy (non-hydrogen) atoms. The monoisotopic (exact) mass is 406 g/mol. The van der Waals surface area contributed by atoms with Crippen LogP contribution < -0.4 is 5.73 Å². The van der Waals surface area contributed by atoms with Gasteiger partial charge in [0.25, 0.3) is 0 Å². The molecule has 4 aromatic rings. The number of halogens is 1. The summed E-state index contributed by atoms with van der Waals surface area (Å²) in [5, 5.41) is 20.4. The number of rotatable bonds is 3. The van der Waals surface area contributed by atoms with Crippen molar-refractivity contribution >= 4 is 17.4 Å². The number of benzene rings is 3. The lowest BCUT2D eigenvalue weighted by Crippen LogP contribution is -2.04. The Labute approximate surface area is 179 Å². The Morgan fingerprint density at radius 1 is 0.733 bits per heavy atom. The number of hydrogen-bond acceptors (Lipinski definition) is 4. The lowest BCUT2D eigenvalue weighted by atomic mass is 9.91. The summed E-state index contributed by atoms with van der Waals surface area (Å²) in [6, 6.07) is 28.8. The normalized spacial score (nSPS) is 10.2. The van der Waals surface area contributed by atoms with E-state index in [4.69, 9.17) is 17.3 Å². The summed E-state index contributed by atoms with van der Waals surface area (Å²) in [7, 11) is 0. The van der Waals surface area contributed by atoms with Gasteiger partial charge >= 0.3 is 0 Å². The van der Waals surface area contributed by atoms with E-state index in [-0.39, 0.29) is 11.4 Å². The number of nitriles is 2. The summed E-state index contributed by atoms with van der Waals surface area (Å²) in [6.07, 6.45) is 0. The zero-order valence-corrected chi connectivity index (χ0v) is 16.6. The molecule has 142 valence electrons. The molecule has 4 nitrogen and oxygen atoms in total. The zero-order valence-electron chi connectivity index (χ0n) is 15.8. The van der Waals surface area contributed by atoms with Gasteiger partial charge in [0.15, 0.2) is 0 Å². The molecule has 3 aromatic carbocycles. The molecule has 0 aliphatic carbocycles. The number of nitrogen functional groups attached to an aromatic ring is 1. The van der Waals surface area contributed by atoms with Gasteiger partial charge in [0.05, 0.1) is 11.3 Å². The van der Waals surface area contributed by atoms with Gasteiger partial charge in [-0.25, -0.2) is 4.98 Å². The van der Waals surface area contributed by atoms with Gasteiger partial charge in [-0.3, -0.25) is 0 Å². The smallest absolute Gasteiger partial charge is 0.142 e. The van der Waals surface area contributed by atoms with Crippen molar-refractivity contribution in [3.8, 4) is 45.6 Å². The first-order chi connectivity index (χ1) is 14.6. The Bertz CT molecular complexity index is 1330. The van der Waals surface area contributed by atoms with Gasteiger partial charge in [-0.1, -0.05) is 78.3 Å². The Morgan fingerprint density at radius 3 is 2.07 bits per heavy atom. The Kier molecular flexibility index (Phi) is 5.18. The highest BCUT2D eigenvalue weighted by Crippen LogP contribution is 2.38. The topological polar surface area (TPSA) is 86.5 Å². The fourth-order valence-electron chi connectivity index (χ4n) is 3.46. The average Bonchev–Trinajstić information content (AvgIpc) is 2.79. The third kappa shape index (κ3) is 3.37. The highest BCUT2D eigenvalue weighted by atomic mass is 35.5. The minimum absolute atomic E-state index is 0.0912. The van der Waals surface area contributed by atoms with Crippen LogP contribution in [0.1, 0.15) is 11.1 Å². The maximum Gasteiger partial charge on any atom is 0.142 e. The maximum absolute atomic E-state index is 10.0. The number of pyridine rings is 1. The first-order valence-corrected chi connectivity index (χ1v) is 9.56. The second-order valence-corrected chi connectivity index (χ2v) is 7.03. The zero-order chi connectivity index (χ0) is 21.1. The molecule has 0 saturated carbocycles. The maximum atomic E-state index is 10.0.